The Hall–Kier alpha value is 1.67. The van der Waals surface area contributed by atoms with E-state index in [4.69, 9.17) is 0 Å². The summed E-state index contributed by atoms with van der Waals surface area (Å²) < 4.78 is 1.96. The van der Waals surface area contributed by atoms with Gasteiger partial charge in [0.25, 0.3) is 0 Å². The highest BCUT2D eigenvalue weighted by Gasteiger charge is 2.55. The lowest BCUT2D eigenvalue weighted by Gasteiger charge is -2.40. The lowest BCUT2D eigenvalue weighted by molar-refractivity contribution is 0.166. The van der Waals surface area contributed by atoms with Crippen molar-refractivity contribution in [3.63, 3.8) is 0 Å². The summed E-state index contributed by atoms with van der Waals surface area (Å²) in [6.45, 7) is 5.00. The lowest BCUT2D eigenvalue weighted by Crippen LogP contribution is -2.34. The van der Waals surface area contributed by atoms with Crippen LogP contribution in [-0.2, 0) is 0 Å². The molecule has 3 aliphatic carbocycles. The molecule has 18 heavy (non-hydrogen) atoms. The zero-order chi connectivity index (χ0) is 13.1. The van der Waals surface area contributed by atoms with Gasteiger partial charge in [-0.05, 0) is 77.5 Å². The van der Waals surface area contributed by atoms with Crippen LogP contribution in [0, 0.1) is 23.2 Å². The Morgan fingerprint density at radius 3 is 2.72 bits per heavy atom. The number of hydrogen-bond donors (Lipinski definition) is 0. The highest BCUT2D eigenvalue weighted by atomic mass is 127. The van der Waals surface area contributed by atoms with E-state index in [9.17, 15) is 0 Å². The Labute approximate surface area is 151 Å². The molecule has 2 fully saturated rings. The molecule has 0 bridgehead atoms. The van der Waals surface area contributed by atoms with Gasteiger partial charge in [-0.15, -0.1) is 0 Å². The third-order valence-corrected chi connectivity index (χ3v) is 8.04. The summed E-state index contributed by atoms with van der Waals surface area (Å²) in [5.41, 5.74) is 2.18. The van der Waals surface area contributed by atoms with Gasteiger partial charge in [-0.3, -0.25) is 0 Å². The molecule has 0 saturated heterocycles. The van der Waals surface area contributed by atoms with Crippen LogP contribution in [0.25, 0.3) is 0 Å². The second kappa shape index (κ2) is 4.85. The van der Waals surface area contributed by atoms with Crippen LogP contribution < -0.4 is 0 Å². The molecule has 100 valence electrons. The number of rotatable bonds is 0. The lowest BCUT2D eigenvalue weighted by atomic mass is 9.70. The first kappa shape index (κ1) is 14.6. The fraction of sp³-hybridized carbons (Fsp3) is 0.733. The largest absolute Gasteiger partial charge is 0.0738 e. The zero-order valence-electron chi connectivity index (χ0n) is 10.8. The average Bonchev–Trinajstić information content (AvgIpc) is 2.47. The molecule has 3 aliphatic rings. The Morgan fingerprint density at radius 1 is 1.28 bits per heavy atom. The van der Waals surface area contributed by atoms with Crippen molar-refractivity contribution >= 4 is 67.8 Å². The topological polar surface area (TPSA) is 0 Å². The van der Waals surface area contributed by atoms with Crippen LogP contribution in [-0.4, -0.2) is 1.43 Å². The zero-order valence-corrected chi connectivity index (χ0v) is 17.3. The number of fused-ring (bicyclic) bond motifs is 3. The van der Waals surface area contributed by atoms with Crippen LogP contribution in [0.2, 0.25) is 0 Å². The summed E-state index contributed by atoms with van der Waals surface area (Å²) in [6, 6.07) is 0. The van der Waals surface area contributed by atoms with E-state index < -0.39 is 0 Å². The van der Waals surface area contributed by atoms with E-state index in [1.165, 1.54) is 29.3 Å². The Bertz CT molecular complexity index is 431. The second-order valence-corrected chi connectivity index (χ2v) is 14.1. The van der Waals surface area contributed by atoms with Crippen LogP contribution >= 0.6 is 67.8 Å². The summed E-state index contributed by atoms with van der Waals surface area (Å²) >= 11 is 7.88. The maximum absolute atomic E-state index is 2.69. The summed E-state index contributed by atoms with van der Waals surface area (Å²) in [5, 5.41) is 0. The van der Waals surface area contributed by atoms with Gasteiger partial charge in [0.1, 0.15) is 0 Å². The van der Waals surface area contributed by atoms with Gasteiger partial charge < -0.3 is 0 Å². The molecule has 0 spiro atoms. The van der Waals surface area contributed by atoms with Crippen molar-refractivity contribution in [1.82, 2.24) is 0 Å². The minimum Gasteiger partial charge on any atom is -0.0705 e. The van der Waals surface area contributed by atoms with Crippen molar-refractivity contribution in [2.45, 2.75) is 41.0 Å². The predicted octanol–water partition coefficient (Wildman–Crippen LogP) is 6.27. The number of hydrogen-bond acceptors (Lipinski definition) is 0. The summed E-state index contributed by atoms with van der Waals surface area (Å²) in [5.74, 6) is 2.70. The minimum absolute atomic E-state index is 0.419. The van der Waals surface area contributed by atoms with Crippen molar-refractivity contribution in [1.29, 1.82) is 0 Å². The van der Waals surface area contributed by atoms with Gasteiger partial charge in [0.2, 0.25) is 0 Å². The predicted molar refractivity (Wildman–Crippen MR) is 104 cm³/mol. The molecule has 0 N–H and O–H groups in total. The fourth-order valence-electron chi connectivity index (χ4n) is 4.39. The van der Waals surface area contributed by atoms with Gasteiger partial charge in [0.15, 0.2) is 0 Å². The summed E-state index contributed by atoms with van der Waals surface area (Å²) in [7, 11) is 0. The average molecular weight is 580 g/mol. The van der Waals surface area contributed by atoms with Crippen LogP contribution in [0.1, 0.15) is 39.5 Å². The molecule has 0 nitrogen and oxygen atoms in total. The van der Waals surface area contributed by atoms with E-state index in [1.54, 1.807) is 5.57 Å². The number of halogens is 3. The van der Waals surface area contributed by atoms with Gasteiger partial charge >= 0.3 is 0 Å². The van der Waals surface area contributed by atoms with Crippen molar-refractivity contribution in [2.24, 2.45) is 23.2 Å². The first-order chi connectivity index (χ1) is 8.31. The third kappa shape index (κ3) is 2.35. The number of alkyl halides is 2. The van der Waals surface area contributed by atoms with Crippen molar-refractivity contribution < 1.29 is 0 Å². The van der Waals surface area contributed by atoms with Crippen LogP contribution in [0.15, 0.2) is 21.3 Å². The van der Waals surface area contributed by atoms with E-state index in [0.717, 1.165) is 17.8 Å². The normalized spacial score (nSPS) is 40.6. The first-order valence-electron chi connectivity index (χ1n) is 6.77. The highest BCUT2D eigenvalue weighted by molar-refractivity contribution is 14.2. The van der Waals surface area contributed by atoms with Gasteiger partial charge in [0.05, 0.1) is 1.43 Å². The van der Waals surface area contributed by atoms with E-state index in [0.29, 0.717) is 6.84 Å². The molecule has 0 aromatic heterocycles. The first-order valence-corrected chi connectivity index (χ1v) is 10.0. The maximum atomic E-state index is 2.69. The molecule has 3 heteroatoms. The van der Waals surface area contributed by atoms with E-state index >= 15 is 0 Å². The van der Waals surface area contributed by atoms with Crippen LogP contribution in [0.5, 0.6) is 0 Å². The molecule has 0 radical (unpaired) electrons. The quantitative estimate of drug-likeness (QED) is 0.234. The molecule has 0 aliphatic heterocycles. The van der Waals surface area contributed by atoms with Gasteiger partial charge in [0, 0.05) is 3.58 Å². The van der Waals surface area contributed by atoms with E-state index in [2.05, 4.69) is 93.8 Å². The third-order valence-electron chi connectivity index (χ3n) is 5.33. The molecule has 0 heterocycles. The van der Waals surface area contributed by atoms with Crippen LogP contribution in [0.4, 0.5) is 0 Å². The number of allylic oxidation sites excluding steroid dienone is 4. The molecule has 3 rings (SSSR count). The van der Waals surface area contributed by atoms with Crippen molar-refractivity contribution in [2.75, 3.05) is 0 Å². The highest BCUT2D eigenvalue weighted by Crippen LogP contribution is 2.64. The smallest absolute Gasteiger partial charge is 0.0705 e. The Kier molecular flexibility index (Phi) is 3.93. The maximum Gasteiger partial charge on any atom is 0.0738 e. The molecule has 3 atom stereocenters. The van der Waals surface area contributed by atoms with Crippen LogP contribution in [0.3, 0.4) is 0 Å². The molecule has 0 aromatic rings. The molecule has 0 amide bonds. The Morgan fingerprint density at radius 2 is 2.00 bits per heavy atom. The molecule has 2 saturated carbocycles. The standard InChI is InChI=1S/C15H19I3/c1-14(2)12-7-9(16)3-4-10(12)11-5-6-15(17,18)8-13(11)14/h3,7,10-11,13H,4-6,8H2,1-2H3. The molecular weight excluding hydrogens is 561 g/mol. The monoisotopic (exact) mass is 580 g/mol. The van der Waals surface area contributed by atoms with Gasteiger partial charge in [-0.25, -0.2) is 0 Å². The van der Waals surface area contributed by atoms with E-state index in [1.807, 2.05) is 0 Å². The fourth-order valence-corrected chi connectivity index (χ4v) is 6.55. The van der Waals surface area contributed by atoms with Crippen molar-refractivity contribution in [3.8, 4) is 0 Å². The second-order valence-electron chi connectivity index (χ2n) is 6.62. The van der Waals surface area contributed by atoms with Gasteiger partial charge in [-0.2, -0.15) is 0 Å². The van der Waals surface area contributed by atoms with Crippen molar-refractivity contribution in [3.05, 3.63) is 21.3 Å². The molecule has 0 aromatic carbocycles. The summed E-state index contributed by atoms with van der Waals surface area (Å²) in [4.78, 5) is 0. The SMILES string of the molecule is CC1(C)C2=CC(I)=CCC2C2CCC(I)(I)CC21. The molecular formula is C15H19I3. The summed E-state index contributed by atoms with van der Waals surface area (Å²) in [6.07, 6.45) is 10.5. The molecule has 3 unspecified atom stereocenters. The van der Waals surface area contributed by atoms with E-state index in [-0.39, 0.29) is 0 Å². The minimum atomic E-state index is 0.419. The Balaban J connectivity index is 1.99. The van der Waals surface area contributed by atoms with Gasteiger partial charge in [-0.1, -0.05) is 70.7 Å².